The van der Waals surface area contributed by atoms with Crippen LogP contribution in [-0.4, -0.2) is 32.8 Å². The van der Waals surface area contributed by atoms with Gasteiger partial charge in [-0.2, -0.15) is 0 Å². The molecule has 0 aromatic heterocycles. The molecule has 0 radical (unpaired) electrons. The van der Waals surface area contributed by atoms with Crippen molar-refractivity contribution in [2.75, 3.05) is 13.6 Å². The van der Waals surface area contributed by atoms with E-state index in [-0.39, 0.29) is 21.4 Å². The zero-order valence-electron chi connectivity index (χ0n) is 11.9. The van der Waals surface area contributed by atoms with E-state index in [4.69, 9.17) is 22.3 Å². The van der Waals surface area contributed by atoms with Gasteiger partial charge in [-0.1, -0.05) is 25.4 Å². The quantitative estimate of drug-likeness (QED) is 0.677. The SMILES string of the molecule is CC(C)CCN(C)C(=O)c1cc(S(=O)(=O)Cl)cc(Br)c1Cl. The van der Waals surface area contributed by atoms with Crippen LogP contribution in [-0.2, 0) is 9.05 Å². The van der Waals surface area contributed by atoms with E-state index < -0.39 is 9.05 Å². The van der Waals surface area contributed by atoms with Gasteiger partial charge in [0.1, 0.15) is 0 Å². The molecule has 0 saturated carbocycles. The van der Waals surface area contributed by atoms with Gasteiger partial charge in [0.05, 0.1) is 15.5 Å². The molecule has 8 heteroatoms. The van der Waals surface area contributed by atoms with Gasteiger partial charge in [0.25, 0.3) is 15.0 Å². The van der Waals surface area contributed by atoms with Crippen LogP contribution in [0.2, 0.25) is 5.02 Å². The Balaban J connectivity index is 3.17. The summed E-state index contributed by atoms with van der Waals surface area (Å²) in [5.41, 5.74) is 0.108. The van der Waals surface area contributed by atoms with E-state index in [0.717, 1.165) is 6.42 Å². The highest BCUT2D eigenvalue weighted by Crippen LogP contribution is 2.31. The van der Waals surface area contributed by atoms with Crippen LogP contribution >= 0.6 is 38.2 Å². The van der Waals surface area contributed by atoms with Crippen molar-refractivity contribution >= 4 is 53.2 Å². The molecule has 0 aliphatic rings. The molecule has 21 heavy (non-hydrogen) atoms. The Morgan fingerprint density at radius 1 is 1.38 bits per heavy atom. The maximum Gasteiger partial charge on any atom is 0.261 e. The first-order valence-electron chi connectivity index (χ1n) is 6.23. The lowest BCUT2D eigenvalue weighted by Gasteiger charge is -2.19. The van der Waals surface area contributed by atoms with Crippen LogP contribution in [0.1, 0.15) is 30.6 Å². The second kappa shape index (κ2) is 7.31. The van der Waals surface area contributed by atoms with Crippen molar-refractivity contribution in [3.63, 3.8) is 0 Å². The number of amides is 1. The van der Waals surface area contributed by atoms with Crippen molar-refractivity contribution in [2.24, 2.45) is 5.92 Å². The van der Waals surface area contributed by atoms with Gasteiger partial charge in [-0.15, -0.1) is 0 Å². The molecule has 118 valence electrons. The summed E-state index contributed by atoms with van der Waals surface area (Å²) in [5.74, 6) is 0.112. The topological polar surface area (TPSA) is 54.5 Å². The monoisotopic (exact) mass is 415 g/mol. The van der Waals surface area contributed by atoms with Crippen molar-refractivity contribution in [2.45, 2.75) is 25.2 Å². The fraction of sp³-hybridized carbons (Fsp3) is 0.462. The van der Waals surface area contributed by atoms with Gasteiger partial charge in [-0.25, -0.2) is 8.42 Å². The smallest absolute Gasteiger partial charge is 0.261 e. The van der Waals surface area contributed by atoms with Gasteiger partial charge in [-0.3, -0.25) is 4.79 Å². The highest BCUT2D eigenvalue weighted by molar-refractivity contribution is 9.10. The summed E-state index contributed by atoms with van der Waals surface area (Å²) in [6.45, 7) is 4.67. The van der Waals surface area contributed by atoms with Gasteiger partial charge in [0, 0.05) is 28.7 Å². The van der Waals surface area contributed by atoms with Gasteiger partial charge >= 0.3 is 0 Å². The van der Waals surface area contributed by atoms with E-state index in [2.05, 4.69) is 29.8 Å². The molecular weight excluding hydrogens is 401 g/mol. The van der Waals surface area contributed by atoms with E-state index in [0.29, 0.717) is 16.9 Å². The first-order chi connectivity index (χ1) is 9.54. The van der Waals surface area contributed by atoms with E-state index in [1.54, 1.807) is 7.05 Å². The van der Waals surface area contributed by atoms with Crippen molar-refractivity contribution in [1.29, 1.82) is 0 Å². The van der Waals surface area contributed by atoms with Crippen LogP contribution in [0.3, 0.4) is 0 Å². The fourth-order valence-corrected chi connectivity index (χ4v) is 3.21. The maximum atomic E-state index is 12.4. The van der Waals surface area contributed by atoms with E-state index in [1.807, 2.05) is 0 Å². The normalized spacial score (nSPS) is 11.8. The van der Waals surface area contributed by atoms with Crippen LogP contribution < -0.4 is 0 Å². The Labute approximate surface area is 143 Å². The Morgan fingerprint density at radius 2 is 1.95 bits per heavy atom. The van der Waals surface area contributed by atoms with E-state index in [1.165, 1.54) is 17.0 Å². The number of benzene rings is 1. The van der Waals surface area contributed by atoms with Crippen LogP contribution in [0.25, 0.3) is 0 Å². The lowest BCUT2D eigenvalue weighted by Crippen LogP contribution is -2.29. The summed E-state index contributed by atoms with van der Waals surface area (Å²) >= 11 is 9.23. The maximum absolute atomic E-state index is 12.4. The first-order valence-corrected chi connectivity index (χ1v) is 9.71. The molecule has 1 aromatic rings. The highest BCUT2D eigenvalue weighted by Gasteiger charge is 2.22. The molecule has 0 bridgehead atoms. The Hall–Kier alpha value is -0.300. The molecular formula is C13H16BrCl2NO3S. The molecule has 0 heterocycles. The van der Waals surface area contributed by atoms with Gasteiger partial charge in [0.2, 0.25) is 0 Å². The molecule has 1 aromatic carbocycles. The minimum atomic E-state index is -3.94. The first kappa shape index (κ1) is 18.7. The number of carbonyl (C=O) groups is 1. The molecule has 0 spiro atoms. The summed E-state index contributed by atoms with van der Waals surface area (Å²) in [5, 5.41) is 0.167. The Bertz CT molecular complexity index is 647. The number of halogens is 3. The van der Waals surface area contributed by atoms with Crippen molar-refractivity contribution < 1.29 is 13.2 Å². The molecule has 0 aliphatic carbocycles. The average molecular weight is 417 g/mol. The number of nitrogens with zero attached hydrogens (tertiary/aromatic N) is 1. The molecule has 0 unspecified atom stereocenters. The number of carbonyl (C=O) groups excluding carboxylic acids is 1. The number of rotatable bonds is 5. The zero-order valence-corrected chi connectivity index (χ0v) is 15.8. The van der Waals surface area contributed by atoms with Crippen LogP contribution in [0.5, 0.6) is 0 Å². The number of hydrogen-bond acceptors (Lipinski definition) is 3. The second-order valence-electron chi connectivity index (χ2n) is 5.11. The summed E-state index contributed by atoms with van der Waals surface area (Å²) in [7, 11) is 3.04. The molecule has 0 fully saturated rings. The molecule has 0 aliphatic heterocycles. The summed E-state index contributed by atoms with van der Waals surface area (Å²) in [4.78, 5) is 13.7. The van der Waals surface area contributed by atoms with Crippen molar-refractivity contribution in [1.82, 2.24) is 4.90 Å². The summed E-state index contributed by atoms with van der Waals surface area (Å²) in [6.07, 6.45) is 0.842. The summed E-state index contributed by atoms with van der Waals surface area (Å²) in [6, 6.07) is 2.47. The molecule has 1 amide bonds. The Kier molecular flexibility index (Phi) is 6.53. The van der Waals surface area contributed by atoms with Gasteiger partial charge in [0.15, 0.2) is 0 Å². The minimum absolute atomic E-state index is 0.108. The second-order valence-corrected chi connectivity index (χ2v) is 8.91. The van der Waals surface area contributed by atoms with Crippen molar-refractivity contribution in [3.05, 3.63) is 27.2 Å². The van der Waals surface area contributed by atoms with Crippen molar-refractivity contribution in [3.8, 4) is 0 Å². The predicted molar refractivity (Wildman–Crippen MR) is 88.6 cm³/mol. The highest BCUT2D eigenvalue weighted by atomic mass is 79.9. The molecule has 0 saturated heterocycles. The number of hydrogen-bond donors (Lipinski definition) is 0. The van der Waals surface area contributed by atoms with Crippen LogP contribution in [0.4, 0.5) is 0 Å². The zero-order chi connectivity index (χ0) is 16.4. The third-order valence-electron chi connectivity index (χ3n) is 2.90. The van der Waals surface area contributed by atoms with Gasteiger partial charge in [-0.05, 0) is 40.4 Å². The minimum Gasteiger partial charge on any atom is -0.342 e. The standard InChI is InChI=1S/C13H16BrCl2NO3S/c1-8(2)4-5-17(3)13(18)10-6-9(21(16,19)20)7-11(14)12(10)15/h6-8H,4-5H2,1-3H3. The largest absolute Gasteiger partial charge is 0.342 e. The van der Waals surface area contributed by atoms with Crippen LogP contribution in [0.15, 0.2) is 21.5 Å². The fourth-order valence-electron chi connectivity index (χ4n) is 1.62. The molecule has 0 atom stereocenters. The molecule has 0 N–H and O–H groups in total. The van der Waals surface area contributed by atoms with Gasteiger partial charge < -0.3 is 4.90 Å². The molecule has 1 rings (SSSR count). The Morgan fingerprint density at radius 3 is 2.43 bits per heavy atom. The predicted octanol–water partition coefficient (Wildman–Crippen LogP) is 4.15. The van der Waals surface area contributed by atoms with E-state index in [9.17, 15) is 13.2 Å². The van der Waals surface area contributed by atoms with E-state index >= 15 is 0 Å². The molecule has 4 nitrogen and oxygen atoms in total. The lowest BCUT2D eigenvalue weighted by molar-refractivity contribution is 0.0789. The lowest BCUT2D eigenvalue weighted by atomic mass is 10.1. The third kappa shape index (κ3) is 5.13. The third-order valence-corrected chi connectivity index (χ3v) is 5.50. The average Bonchev–Trinajstić information content (AvgIpc) is 2.36. The summed E-state index contributed by atoms with van der Waals surface area (Å²) < 4.78 is 23.2. The van der Waals surface area contributed by atoms with Crippen LogP contribution in [0, 0.1) is 5.92 Å².